The molecule has 1 aromatic rings. The standard InChI is InChI=1S/C16H19N3O3/c1-2-17-7-9-18(10-8-17)14(20)11-19-15(21)12-5-3-4-6-13(12)16(19)22/h3-6H,2,7-11H2,1H3. The molecule has 2 heterocycles. The van der Waals surface area contributed by atoms with Gasteiger partial charge in [-0.3, -0.25) is 19.3 Å². The van der Waals surface area contributed by atoms with E-state index in [1.54, 1.807) is 29.2 Å². The van der Waals surface area contributed by atoms with Crippen molar-refractivity contribution < 1.29 is 14.4 Å². The summed E-state index contributed by atoms with van der Waals surface area (Å²) < 4.78 is 0. The first kappa shape index (κ1) is 14.7. The highest BCUT2D eigenvalue weighted by molar-refractivity contribution is 6.22. The maximum absolute atomic E-state index is 12.4. The molecule has 2 aliphatic heterocycles. The van der Waals surface area contributed by atoms with Crippen molar-refractivity contribution in [2.75, 3.05) is 39.3 Å². The lowest BCUT2D eigenvalue weighted by atomic mass is 10.1. The van der Waals surface area contributed by atoms with E-state index < -0.39 is 0 Å². The number of amides is 3. The predicted octanol–water partition coefficient (Wildman–Crippen LogP) is 0.447. The molecule has 0 spiro atoms. The Labute approximate surface area is 129 Å². The molecule has 3 rings (SSSR count). The minimum atomic E-state index is -0.374. The number of hydrogen-bond acceptors (Lipinski definition) is 4. The van der Waals surface area contributed by atoms with Gasteiger partial charge in [0.1, 0.15) is 6.54 Å². The largest absolute Gasteiger partial charge is 0.339 e. The van der Waals surface area contributed by atoms with Gasteiger partial charge < -0.3 is 9.80 Å². The second-order valence-electron chi connectivity index (χ2n) is 5.56. The van der Waals surface area contributed by atoms with Gasteiger partial charge in [-0.15, -0.1) is 0 Å². The molecular formula is C16H19N3O3. The zero-order valence-electron chi connectivity index (χ0n) is 12.6. The van der Waals surface area contributed by atoms with Crippen LogP contribution in [0.5, 0.6) is 0 Å². The molecule has 0 bridgehead atoms. The van der Waals surface area contributed by atoms with Gasteiger partial charge in [-0.05, 0) is 18.7 Å². The zero-order chi connectivity index (χ0) is 15.7. The molecule has 1 fully saturated rings. The van der Waals surface area contributed by atoms with Gasteiger partial charge in [0, 0.05) is 26.2 Å². The van der Waals surface area contributed by atoms with E-state index in [0.717, 1.165) is 24.5 Å². The van der Waals surface area contributed by atoms with Crippen LogP contribution in [0.1, 0.15) is 27.6 Å². The third-order valence-electron chi connectivity index (χ3n) is 4.34. The van der Waals surface area contributed by atoms with Crippen LogP contribution in [0.2, 0.25) is 0 Å². The van der Waals surface area contributed by atoms with Crippen LogP contribution in [0.15, 0.2) is 24.3 Å². The fourth-order valence-electron chi connectivity index (χ4n) is 2.93. The molecule has 1 saturated heterocycles. The second-order valence-corrected chi connectivity index (χ2v) is 5.56. The minimum Gasteiger partial charge on any atom is -0.339 e. The highest BCUT2D eigenvalue weighted by Gasteiger charge is 2.37. The molecular weight excluding hydrogens is 282 g/mol. The van der Waals surface area contributed by atoms with E-state index in [4.69, 9.17) is 0 Å². The fraction of sp³-hybridized carbons (Fsp3) is 0.438. The number of fused-ring (bicyclic) bond motifs is 1. The molecule has 2 aliphatic rings. The third-order valence-corrected chi connectivity index (χ3v) is 4.34. The Morgan fingerprint density at radius 1 is 1.00 bits per heavy atom. The van der Waals surface area contributed by atoms with E-state index in [1.807, 2.05) is 0 Å². The lowest BCUT2D eigenvalue weighted by Crippen LogP contribution is -2.51. The van der Waals surface area contributed by atoms with Gasteiger partial charge in [-0.25, -0.2) is 0 Å². The van der Waals surface area contributed by atoms with Crippen molar-refractivity contribution >= 4 is 17.7 Å². The number of benzene rings is 1. The molecule has 0 unspecified atom stereocenters. The van der Waals surface area contributed by atoms with E-state index in [0.29, 0.717) is 24.2 Å². The highest BCUT2D eigenvalue weighted by Crippen LogP contribution is 2.22. The fourth-order valence-corrected chi connectivity index (χ4v) is 2.93. The number of piperazine rings is 1. The summed E-state index contributed by atoms with van der Waals surface area (Å²) in [5, 5.41) is 0. The Morgan fingerprint density at radius 2 is 1.55 bits per heavy atom. The maximum Gasteiger partial charge on any atom is 0.262 e. The zero-order valence-corrected chi connectivity index (χ0v) is 12.6. The van der Waals surface area contributed by atoms with E-state index in [-0.39, 0.29) is 24.3 Å². The number of carbonyl (C=O) groups excluding carboxylic acids is 3. The maximum atomic E-state index is 12.4. The quantitative estimate of drug-likeness (QED) is 0.761. The van der Waals surface area contributed by atoms with Gasteiger partial charge in [-0.2, -0.15) is 0 Å². The first-order valence-corrected chi connectivity index (χ1v) is 7.57. The van der Waals surface area contributed by atoms with Gasteiger partial charge in [-0.1, -0.05) is 19.1 Å². The lowest BCUT2D eigenvalue weighted by molar-refractivity contribution is -0.133. The molecule has 0 atom stereocenters. The van der Waals surface area contributed by atoms with E-state index in [2.05, 4.69) is 11.8 Å². The summed E-state index contributed by atoms with van der Waals surface area (Å²) in [6.07, 6.45) is 0. The van der Waals surface area contributed by atoms with Gasteiger partial charge in [0.05, 0.1) is 11.1 Å². The molecule has 0 N–H and O–H groups in total. The molecule has 22 heavy (non-hydrogen) atoms. The Bertz CT molecular complexity index is 586. The van der Waals surface area contributed by atoms with E-state index >= 15 is 0 Å². The Hall–Kier alpha value is -2.21. The van der Waals surface area contributed by atoms with E-state index in [1.165, 1.54) is 0 Å². The summed E-state index contributed by atoms with van der Waals surface area (Å²) in [6.45, 7) is 5.87. The van der Waals surface area contributed by atoms with Crippen LogP contribution in [-0.4, -0.2) is 71.7 Å². The first-order chi connectivity index (χ1) is 10.6. The Morgan fingerprint density at radius 3 is 2.05 bits per heavy atom. The number of imide groups is 1. The van der Waals surface area contributed by atoms with Crippen LogP contribution in [-0.2, 0) is 4.79 Å². The van der Waals surface area contributed by atoms with E-state index in [9.17, 15) is 14.4 Å². The third kappa shape index (κ3) is 2.50. The summed E-state index contributed by atoms with van der Waals surface area (Å²) in [5.41, 5.74) is 0.771. The normalized spacial score (nSPS) is 18.8. The molecule has 1 aromatic carbocycles. The van der Waals surface area contributed by atoms with Crippen LogP contribution in [0.3, 0.4) is 0 Å². The summed E-state index contributed by atoms with van der Waals surface area (Å²) in [6, 6.07) is 6.69. The molecule has 0 aliphatic carbocycles. The number of rotatable bonds is 3. The Kier molecular flexibility index (Phi) is 3.94. The van der Waals surface area contributed by atoms with Crippen molar-refractivity contribution in [1.29, 1.82) is 0 Å². The monoisotopic (exact) mass is 301 g/mol. The number of likely N-dealkylation sites (N-methyl/N-ethyl adjacent to an activating group) is 1. The van der Waals surface area contributed by atoms with Gasteiger partial charge in [0.25, 0.3) is 11.8 Å². The number of nitrogens with zero attached hydrogens (tertiary/aromatic N) is 3. The van der Waals surface area contributed by atoms with Crippen molar-refractivity contribution in [3.8, 4) is 0 Å². The average Bonchev–Trinajstić information content (AvgIpc) is 2.80. The summed E-state index contributed by atoms with van der Waals surface area (Å²) >= 11 is 0. The summed E-state index contributed by atoms with van der Waals surface area (Å²) in [5.74, 6) is -0.910. The molecule has 6 nitrogen and oxygen atoms in total. The molecule has 6 heteroatoms. The lowest BCUT2D eigenvalue weighted by Gasteiger charge is -2.34. The van der Waals surface area contributed by atoms with Crippen LogP contribution in [0.25, 0.3) is 0 Å². The number of carbonyl (C=O) groups is 3. The summed E-state index contributed by atoms with van der Waals surface area (Å²) in [4.78, 5) is 41.9. The minimum absolute atomic E-state index is 0.162. The van der Waals surface area contributed by atoms with Crippen molar-refractivity contribution in [3.05, 3.63) is 35.4 Å². The Balaban J connectivity index is 1.66. The van der Waals surface area contributed by atoms with Crippen molar-refractivity contribution in [1.82, 2.24) is 14.7 Å². The van der Waals surface area contributed by atoms with Crippen molar-refractivity contribution in [2.24, 2.45) is 0 Å². The second kappa shape index (κ2) is 5.88. The average molecular weight is 301 g/mol. The first-order valence-electron chi connectivity index (χ1n) is 7.57. The van der Waals surface area contributed by atoms with Crippen LogP contribution >= 0.6 is 0 Å². The SMILES string of the molecule is CCN1CCN(C(=O)CN2C(=O)c3ccccc3C2=O)CC1. The van der Waals surface area contributed by atoms with Crippen LogP contribution < -0.4 is 0 Å². The summed E-state index contributed by atoms with van der Waals surface area (Å²) in [7, 11) is 0. The van der Waals surface area contributed by atoms with Crippen LogP contribution in [0.4, 0.5) is 0 Å². The van der Waals surface area contributed by atoms with Crippen molar-refractivity contribution in [3.63, 3.8) is 0 Å². The predicted molar refractivity (Wildman–Crippen MR) is 80.5 cm³/mol. The molecule has 116 valence electrons. The molecule has 0 radical (unpaired) electrons. The van der Waals surface area contributed by atoms with Gasteiger partial charge >= 0.3 is 0 Å². The molecule has 0 aromatic heterocycles. The van der Waals surface area contributed by atoms with Gasteiger partial charge in [0.2, 0.25) is 5.91 Å². The molecule has 3 amide bonds. The molecule has 0 saturated carbocycles. The highest BCUT2D eigenvalue weighted by atomic mass is 16.2. The number of hydrogen-bond donors (Lipinski definition) is 0. The topological polar surface area (TPSA) is 60.9 Å². The smallest absolute Gasteiger partial charge is 0.262 e. The van der Waals surface area contributed by atoms with Crippen LogP contribution in [0, 0.1) is 0 Å². The van der Waals surface area contributed by atoms with Crippen molar-refractivity contribution in [2.45, 2.75) is 6.92 Å². The van der Waals surface area contributed by atoms with Gasteiger partial charge in [0.15, 0.2) is 0 Å².